The van der Waals surface area contributed by atoms with Crippen molar-refractivity contribution in [2.45, 2.75) is 171 Å². The van der Waals surface area contributed by atoms with Crippen LogP contribution in [-0.2, 0) is 39.4 Å². The molecular weight excluding hydrogens is 996 g/mol. The highest BCUT2D eigenvalue weighted by Crippen LogP contribution is 2.52. The summed E-state index contributed by atoms with van der Waals surface area (Å²) in [7, 11) is 0. The van der Waals surface area contributed by atoms with Gasteiger partial charge in [0, 0.05) is 64.7 Å². The van der Waals surface area contributed by atoms with Crippen molar-refractivity contribution >= 4 is 64.2 Å². The molecule has 412 valence electrons. The van der Waals surface area contributed by atoms with E-state index in [2.05, 4.69) is 21.3 Å². The highest BCUT2D eigenvalue weighted by Gasteiger charge is 2.50. The number of halogens is 3. The number of hydrogen-bond acceptors (Lipinski definition) is 10. The number of thiophene rings is 1. The van der Waals surface area contributed by atoms with Crippen LogP contribution in [0.15, 0.2) is 47.4 Å². The van der Waals surface area contributed by atoms with E-state index in [9.17, 15) is 38.7 Å². The molecule has 5 rings (SSSR count). The zero-order valence-corrected chi connectivity index (χ0v) is 43.7. The van der Waals surface area contributed by atoms with E-state index in [0.29, 0.717) is 28.9 Å². The number of alkyl halides is 3. The lowest BCUT2D eigenvalue weighted by molar-refractivity contribution is -0.142. The molecule has 0 saturated carbocycles. The Morgan fingerprint density at radius 2 is 1.48 bits per heavy atom. The van der Waals surface area contributed by atoms with Gasteiger partial charge in [0.1, 0.15) is 17.9 Å². The number of likely N-dealkylation sites (tertiary alicyclic amines) is 1. The van der Waals surface area contributed by atoms with Gasteiger partial charge in [-0.3, -0.25) is 34.2 Å². The maximum Gasteiger partial charge on any atom is 0.326 e. The Hall–Kier alpha value is -6.09. The number of carboxylic acids is 2. The quantitative estimate of drug-likeness (QED) is 0.0189. The average molecular weight is 1070 g/mol. The summed E-state index contributed by atoms with van der Waals surface area (Å²) in [6.45, 7) is -0.384. The van der Waals surface area contributed by atoms with Gasteiger partial charge in [-0.25, -0.2) is 9.18 Å². The summed E-state index contributed by atoms with van der Waals surface area (Å²) in [4.78, 5) is 90.2. The molecule has 21 heteroatoms. The lowest BCUT2D eigenvalue weighted by Crippen LogP contribution is -2.49. The molecule has 1 saturated heterocycles. The number of benzene rings is 1. The molecule has 0 unspecified atom stereocenters. The number of carbonyl (C=O) groups is 7. The molecule has 1 aliphatic heterocycles. The fourth-order valence-electron chi connectivity index (χ4n) is 9.67. The van der Waals surface area contributed by atoms with Crippen molar-refractivity contribution in [1.29, 1.82) is 5.41 Å². The van der Waals surface area contributed by atoms with Crippen LogP contribution in [0.25, 0.3) is 5.57 Å². The van der Waals surface area contributed by atoms with Crippen LogP contribution < -0.4 is 27.0 Å². The van der Waals surface area contributed by atoms with E-state index >= 15 is 13.2 Å². The Bertz CT molecular complexity index is 2410. The molecule has 2 aliphatic carbocycles. The smallest absolute Gasteiger partial charge is 0.326 e. The van der Waals surface area contributed by atoms with Crippen molar-refractivity contribution in [3.8, 4) is 0 Å². The Morgan fingerprint density at radius 1 is 0.840 bits per heavy atom. The summed E-state index contributed by atoms with van der Waals surface area (Å²) in [5, 5.41) is 38.1. The van der Waals surface area contributed by atoms with Gasteiger partial charge < -0.3 is 46.9 Å². The molecular formula is C54H74F3N7O10S. The van der Waals surface area contributed by atoms with E-state index in [-0.39, 0.29) is 73.4 Å². The van der Waals surface area contributed by atoms with Gasteiger partial charge in [0.05, 0.1) is 32.3 Å². The first-order chi connectivity index (χ1) is 35.8. The standard InChI is InChI=1S/C54H74F3N7O10S/c1-35(44-29-37(32-75-44)49(58)59)62-51(71)43-30-53(55,33-64(43)47(67)31-61-50(70)36-22-23-41-39(28-36)38-18-16-17-19-40(38)54(41,56)57)34-74-27-26-60-45(65)25-24-42(52(72)73)63-46(66)20-14-12-10-8-6-4-2-3-5-7-9-11-13-15-21-48(68)69/h16,18,22-23,28-29,32,35,42-43H,2-15,17,19-21,24-27,30-31,33-34H2,1H3,(H3,58,59)(H,60,65)(H,61,70)(H,62,71)(H,63,66)(H,68,69)(H,72,73)/t35-,42+,43+,53-/m1/s1. The van der Waals surface area contributed by atoms with Crippen molar-refractivity contribution in [2.24, 2.45) is 5.73 Å². The molecule has 5 amide bonds. The number of amides is 5. The lowest BCUT2D eigenvalue weighted by atomic mass is 9.96. The van der Waals surface area contributed by atoms with Gasteiger partial charge in [0.25, 0.3) is 11.8 Å². The number of hydrogen-bond donors (Lipinski definition) is 8. The summed E-state index contributed by atoms with van der Waals surface area (Å²) in [5.41, 5.74) is 4.22. The Labute approximate surface area is 440 Å². The van der Waals surface area contributed by atoms with Crippen LogP contribution in [0, 0.1) is 5.41 Å². The normalized spacial score (nSPS) is 18.2. The molecule has 1 aromatic heterocycles. The predicted octanol–water partition coefficient (Wildman–Crippen LogP) is 7.97. The second-order valence-corrected chi connectivity index (χ2v) is 20.8. The number of nitrogens with zero attached hydrogens (tertiary/aromatic N) is 1. The highest BCUT2D eigenvalue weighted by atomic mass is 32.1. The zero-order chi connectivity index (χ0) is 54.5. The number of rotatable bonds is 34. The van der Waals surface area contributed by atoms with E-state index in [4.69, 9.17) is 21.0 Å². The van der Waals surface area contributed by atoms with Crippen LogP contribution in [0.5, 0.6) is 0 Å². The van der Waals surface area contributed by atoms with Crippen molar-refractivity contribution in [1.82, 2.24) is 26.2 Å². The van der Waals surface area contributed by atoms with E-state index in [1.165, 1.54) is 55.2 Å². The largest absolute Gasteiger partial charge is 0.481 e. The van der Waals surface area contributed by atoms with Crippen LogP contribution in [0.2, 0.25) is 0 Å². The molecule has 0 bridgehead atoms. The number of allylic oxidation sites excluding steroid dienone is 4. The van der Waals surface area contributed by atoms with Crippen LogP contribution in [0.3, 0.4) is 0 Å². The topological polar surface area (TPSA) is 270 Å². The molecule has 0 radical (unpaired) electrons. The van der Waals surface area contributed by atoms with Crippen LogP contribution in [0.1, 0.15) is 180 Å². The van der Waals surface area contributed by atoms with Crippen molar-refractivity contribution in [3.05, 3.63) is 74.5 Å². The second-order valence-electron chi connectivity index (χ2n) is 19.9. The third-order valence-corrected chi connectivity index (χ3v) is 15.0. The number of nitrogens with one attached hydrogen (secondary N) is 5. The van der Waals surface area contributed by atoms with Crippen LogP contribution in [-0.4, -0.2) is 113 Å². The summed E-state index contributed by atoms with van der Waals surface area (Å²) < 4.78 is 52.6. The number of amidine groups is 1. The predicted molar refractivity (Wildman–Crippen MR) is 278 cm³/mol. The third kappa shape index (κ3) is 18.3. The van der Waals surface area contributed by atoms with E-state index in [1.807, 2.05) is 0 Å². The molecule has 2 aromatic rings. The SMILES string of the molecule is C[C@@H](NC(=O)[C@@H]1C[C@](F)(COCCNC(=O)CC[C@H](NC(=O)CCCCCCCCCCCCCCCCC(=O)O)C(=O)O)CN1C(=O)CNC(=O)c1ccc2c(c1)C1=C(CCC=C1)C2(F)F)c1cc(C(=N)N)cs1. The van der Waals surface area contributed by atoms with Crippen molar-refractivity contribution < 1.29 is 61.7 Å². The number of nitrogen functional groups attached to an aromatic ring is 1. The third-order valence-electron chi connectivity index (χ3n) is 13.9. The molecule has 4 atom stereocenters. The monoisotopic (exact) mass is 1070 g/mol. The number of fused-ring (bicyclic) bond motifs is 2. The van der Waals surface area contributed by atoms with Crippen molar-refractivity contribution in [2.75, 3.05) is 32.8 Å². The summed E-state index contributed by atoms with van der Waals surface area (Å²) in [6.07, 6.45) is 18.1. The minimum absolute atomic E-state index is 0.00867. The van der Waals surface area contributed by atoms with Gasteiger partial charge in [-0.2, -0.15) is 8.78 Å². The number of ether oxygens (including phenoxy) is 1. The second kappa shape index (κ2) is 29.3. The van der Waals surface area contributed by atoms with Gasteiger partial charge in [0.2, 0.25) is 23.6 Å². The maximum atomic E-state index is 16.6. The molecule has 1 fully saturated rings. The molecule has 1 aromatic carbocycles. The average Bonchev–Trinajstić information content (AvgIpc) is 4.08. The minimum atomic E-state index is -3.17. The van der Waals surface area contributed by atoms with Gasteiger partial charge in [-0.1, -0.05) is 95.3 Å². The first-order valence-electron chi connectivity index (χ1n) is 26.3. The van der Waals surface area contributed by atoms with E-state index < -0.39 is 97.3 Å². The van der Waals surface area contributed by atoms with Gasteiger partial charge in [0.15, 0.2) is 5.67 Å². The molecule has 9 N–H and O–H groups in total. The first kappa shape index (κ1) is 59.8. The number of carboxylic acid groups (broad SMARTS) is 2. The Kier molecular flexibility index (Phi) is 23.3. The summed E-state index contributed by atoms with van der Waals surface area (Å²) in [5.74, 6) is -8.48. The number of unbranched alkanes of at least 4 members (excludes halogenated alkanes) is 13. The highest BCUT2D eigenvalue weighted by molar-refractivity contribution is 7.10. The maximum absolute atomic E-state index is 16.6. The Morgan fingerprint density at radius 3 is 2.09 bits per heavy atom. The van der Waals surface area contributed by atoms with Crippen LogP contribution >= 0.6 is 11.3 Å². The van der Waals surface area contributed by atoms with Gasteiger partial charge in [-0.15, -0.1) is 11.3 Å². The molecule has 17 nitrogen and oxygen atoms in total. The van der Waals surface area contributed by atoms with Gasteiger partial charge in [-0.05, 0) is 68.4 Å². The number of aliphatic carboxylic acids is 2. The molecule has 3 aliphatic rings. The number of nitrogens with two attached hydrogens (primary N) is 1. The molecule has 75 heavy (non-hydrogen) atoms. The minimum Gasteiger partial charge on any atom is -0.481 e. The molecule has 0 spiro atoms. The first-order valence-corrected chi connectivity index (χ1v) is 27.2. The lowest BCUT2D eigenvalue weighted by Gasteiger charge is -2.25. The summed E-state index contributed by atoms with van der Waals surface area (Å²) in [6, 6.07) is 2.22. The van der Waals surface area contributed by atoms with Crippen molar-refractivity contribution in [3.63, 3.8) is 0 Å². The van der Waals surface area contributed by atoms with E-state index in [0.717, 1.165) is 62.7 Å². The summed E-state index contributed by atoms with van der Waals surface area (Å²) >= 11 is 1.25. The molecule has 2 heterocycles. The zero-order valence-electron chi connectivity index (χ0n) is 42.9. The fourth-order valence-corrected chi connectivity index (χ4v) is 10.6. The van der Waals surface area contributed by atoms with Crippen LogP contribution in [0.4, 0.5) is 13.2 Å². The van der Waals surface area contributed by atoms with E-state index in [1.54, 1.807) is 30.5 Å². The fraction of sp³-hybridized carbons (Fsp3) is 0.593. The Balaban J connectivity index is 1.01. The van der Waals surface area contributed by atoms with Gasteiger partial charge >= 0.3 is 11.9 Å². The number of carbonyl (C=O) groups excluding carboxylic acids is 5.